The molecule has 1 aliphatic rings. The van der Waals surface area contributed by atoms with Gasteiger partial charge in [-0.1, -0.05) is 0 Å². The summed E-state index contributed by atoms with van der Waals surface area (Å²) in [6, 6.07) is 0. The molecule has 0 aromatic rings. The third-order valence-corrected chi connectivity index (χ3v) is 0.250. The van der Waals surface area contributed by atoms with Gasteiger partial charge in [0.05, 0.1) is 0 Å². The molecular formula is C2H5NNi. The summed E-state index contributed by atoms with van der Waals surface area (Å²) in [6.07, 6.45) is 0. The van der Waals surface area contributed by atoms with Crippen molar-refractivity contribution in [1.29, 1.82) is 0 Å². The Morgan fingerprint density at radius 1 is 1.25 bits per heavy atom. The molecule has 1 heterocycles. The van der Waals surface area contributed by atoms with Crippen LogP contribution in [0.1, 0.15) is 0 Å². The maximum absolute atomic E-state index is 3.00. The first-order chi connectivity index (χ1) is 1.50. The third-order valence-electron chi connectivity index (χ3n) is 0.250. The van der Waals surface area contributed by atoms with Crippen LogP contribution >= 0.6 is 0 Å². The standard InChI is InChI=1S/C2H5N.Ni/c1-2-3-1;/h3H,1-2H2;. The largest absolute Gasteiger partial charge is 0.314 e. The van der Waals surface area contributed by atoms with E-state index in [4.69, 9.17) is 0 Å². The minimum Gasteiger partial charge on any atom is -0.314 e. The molecule has 0 aromatic carbocycles. The number of hydrogen-bond donors (Lipinski definition) is 1. The van der Waals surface area contributed by atoms with Crippen LogP contribution in [0.4, 0.5) is 0 Å². The molecule has 1 rings (SSSR count). The van der Waals surface area contributed by atoms with Gasteiger partial charge in [0, 0.05) is 29.6 Å². The normalized spacial score (nSPS) is 18.0. The summed E-state index contributed by atoms with van der Waals surface area (Å²) < 4.78 is 0. The number of rotatable bonds is 0. The molecule has 0 bridgehead atoms. The van der Waals surface area contributed by atoms with E-state index in [1.165, 1.54) is 13.1 Å². The van der Waals surface area contributed by atoms with E-state index in [0.717, 1.165) is 0 Å². The zero-order chi connectivity index (χ0) is 2.12. The molecule has 2 heteroatoms. The molecule has 28 valence electrons. The number of hydrogen-bond acceptors (Lipinski definition) is 1. The maximum atomic E-state index is 3.00. The Labute approximate surface area is 35.7 Å². The predicted molar refractivity (Wildman–Crippen MR) is 12.9 cm³/mol. The van der Waals surface area contributed by atoms with Gasteiger partial charge in [-0.15, -0.1) is 0 Å². The summed E-state index contributed by atoms with van der Waals surface area (Å²) in [5.41, 5.74) is 0. The minimum atomic E-state index is 0. The Morgan fingerprint density at radius 3 is 1.50 bits per heavy atom. The second-order valence-electron chi connectivity index (χ2n) is 0.750. The molecule has 4 heavy (non-hydrogen) atoms. The van der Waals surface area contributed by atoms with Crippen molar-refractivity contribution in [3.63, 3.8) is 0 Å². The van der Waals surface area contributed by atoms with Crippen LogP contribution in [0.25, 0.3) is 0 Å². The number of nitrogens with one attached hydrogen (secondary N) is 1. The van der Waals surface area contributed by atoms with Crippen LogP contribution in [0.3, 0.4) is 0 Å². The van der Waals surface area contributed by atoms with Crippen molar-refractivity contribution < 1.29 is 16.5 Å². The summed E-state index contributed by atoms with van der Waals surface area (Å²) in [6.45, 7) is 2.50. The van der Waals surface area contributed by atoms with Gasteiger partial charge in [-0.3, -0.25) is 0 Å². The van der Waals surface area contributed by atoms with Gasteiger partial charge < -0.3 is 5.32 Å². The molecule has 0 aromatic heterocycles. The minimum absolute atomic E-state index is 0. The summed E-state index contributed by atoms with van der Waals surface area (Å²) in [5.74, 6) is 0. The fourth-order valence-electron chi connectivity index (χ4n) is 0. The molecule has 1 aliphatic heterocycles. The fraction of sp³-hybridized carbons (Fsp3) is 1.00. The smallest absolute Gasteiger partial charge is 0.00772 e. The van der Waals surface area contributed by atoms with Crippen LogP contribution in [0, 0.1) is 0 Å². The molecular weight excluding hydrogens is 96.7 g/mol. The molecule has 0 saturated carbocycles. The van der Waals surface area contributed by atoms with Crippen LogP contribution in [0.5, 0.6) is 0 Å². The Bertz CT molecular complexity index is 10.8. The van der Waals surface area contributed by atoms with E-state index in [9.17, 15) is 0 Å². The molecule has 0 unspecified atom stereocenters. The Morgan fingerprint density at radius 2 is 1.50 bits per heavy atom. The first-order valence-corrected chi connectivity index (χ1v) is 1.21. The molecule has 0 aliphatic carbocycles. The van der Waals surface area contributed by atoms with Crippen LogP contribution in [0.15, 0.2) is 0 Å². The van der Waals surface area contributed by atoms with Crippen molar-refractivity contribution in [3.8, 4) is 0 Å². The summed E-state index contributed by atoms with van der Waals surface area (Å²) in [4.78, 5) is 0. The van der Waals surface area contributed by atoms with Gasteiger partial charge in [-0.2, -0.15) is 0 Å². The molecule has 0 radical (unpaired) electrons. The van der Waals surface area contributed by atoms with E-state index >= 15 is 0 Å². The van der Waals surface area contributed by atoms with Gasteiger partial charge in [0.1, 0.15) is 0 Å². The summed E-state index contributed by atoms with van der Waals surface area (Å²) in [5, 5.41) is 3.00. The zero-order valence-electron chi connectivity index (χ0n) is 2.23. The second kappa shape index (κ2) is 1.74. The Hall–Kier alpha value is 0.454. The van der Waals surface area contributed by atoms with Crippen molar-refractivity contribution in [2.45, 2.75) is 0 Å². The van der Waals surface area contributed by atoms with Gasteiger partial charge in [-0.25, -0.2) is 0 Å². The van der Waals surface area contributed by atoms with E-state index in [1.807, 2.05) is 0 Å². The van der Waals surface area contributed by atoms with Crippen LogP contribution in [-0.2, 0) is 16.5 Å². The Balaban J connectivity index is 0.0000000900. The molecule has 1 fully saturated rings. The van der Waals surface area contributed by atoms with Crippen molar-refractivity contribution in [3.05, 3.63) is 0 Å². The molecule has 1 saturated heterocycles. The fourth-order valence-corrected chi connectivity index (χ4v) is 0. The van der Waals surface area contributed by atoms with Crippen LogP contribution < -0.4 is 5.32 Å². The third kappa shape index (κ3) is 2.45. The molecule has 0 amide bonds. The first kappa shape index (κ1) is 4.45. The second-order valence-corrected chi connectivity index (χ2v) is 0.750. The molecule has 0 atom stereocenters. The van der Waals surface area contributed by atoms with Crippen LogP contribution in [-0.4, -0.2) is 13.1 Å². The van der Waals surface area contributed by atoms with Gasteiger partial charge in [0.25, 0.3) is 0 Å². The van der Waals surface area contributed by atoms with Gasteiger partial charge in [0.15, 0.2) is 0 Å². The molecule has 1 nitrogen and oxygen atoms in total. The van der Waals surface area contributed by atoms with E-state index < -0.39 is 0 Å². The van der Waals surface area contributed by atoms with Crippen molar-refractivity contribution in [1.82, 2.24) is 5.32 Å². The quantitative estimate of drug-likeness (QED) is 0.325. The summed E-state index contributed by atoms with van der Waals surface area (Å²) >= 11 is 0. The van der Waals surface area contributed by atoms with E-state index in [2.05, 4.69) is 5.32 Å². The SMILES string of the molecule is C1CN1.[Ni]. The van der Waals surface area contributed by atoms with Gasteiger partial charge >= 0.3 is 0 Å². The van der Waals surface area contributed by atoms with E-state index in [0.29, 0.717) is 0 Å². The monoisotopic (exact) mass is 101 g/mol. The summed E-state index contributed by atoms with van der Waals surface area (Å²) in [7, 11) is 0. The van der Waals surface area contributed by atoms with Crippen LogP contribution in [0.2, 0.25) is 0 Å². The van der Waals surface area contributed by atoms with Gasteiger partial charge in [0.2, 0.25) is 0 Å². The maximum Gasteiger partial charge on any atom is 0.00772 e. The first-order valence-electron chi connectivity index (χ1n) is 1.21. The van der Waals surface area contributed by atoms with Gasteiger partial charge in [-0.05, 0) is 0 Å². The van der Waals surface area contributed by atoms with E-state index in [1.54, 1.807) is 0 Å². The van der Waals surface area contributed by atoms with Crippen molar-refractivity contribution in [2.24, 2.45) is 0 Å². The topological polar surface area (TPSA) is 21.9 Å². The molecule has 0 spiro atoms. The average molecular weight is 102 g/mol. The Kier molecular flexibility index (Phi) is 1.94. The molecule has 1 N–H and O–H groups in total. The zero-order valence-corrected chi connectivity index (χ0v) is 3.22. The van der Waals surface area contributed by atoms with Crippen molar-refractivity contribution >= 4 is 0 Å². The predicted octanol–water partition coefficient (Wildman–Crippen LogP) is -0.413. The van der Waals surface area contributed by atoms with Crippen molar-refractivity contribution in [2.75, 3.05) is 13.1 Å². The average Bonchev–Trinajstić information content (AvgIpc) is 1.46. The van der Waals surface area contributed by atoms with E-state index in [-0.39, 0.29) is 16.5 Å².